The van der Waals surface area contributed by atoms with E-state index in [0.29, 0.717) is 6.42 Å². The molecule has 3 N–H and O–H groups in total. The number of nitrogen functional groups attached to an aromatic ring is 1. The molecule has 0 aromatic heterocycles. The summed E-state index contributed by atoms with van der Waals surface area (Å²) in [5.41, 5.74) is 6.61. The molecule has 1 aromatic rings. The number of hydrogen-bond acceptors (Lipinski definition) is 3. The van der Waals surface area contributed by atoms with Crippen LogP contribution in [0, 0.1) is 0 Å². The quantitative estimate of drug-likeness (QED) is 0.648. The third-order valence-corrected chi connectivity index (χ3v) is 3.59. The molecule has 0 aliphatic rings. The molecule has 0 radical (unpaired) electrons. The van der Waals surface area contributed by atoms with E-state index >= 15 is 0 Å². The Kier molecular flexibility index (Phi) is 5.85. The van der Waals surface area contributed by atoms with Gasteiger partial charge in [-0.05, 0) is 32.0 Å². The van der Waals surface area contributed by atoms with Gasteiger partial charge >= 0.3 is 0 Å². The van der Waals surface area contributed by atoms with Crippen molar-refractivity contribution in [3.63, 3.8) is 0 Å². The zero-order chi connectivity index (χ0) is 12.8. The van der Waals surface area contributed by atoms with Crippen LogP contribution in [-0.2, 0) is 4.79 Å². The summed E-state index contributed by atoms with van der Waals surface area (Å²) in [7, 11) is 0. The summed E-state index contributed by atoms with van der Waals surface area (Å²) in [5, 5.41) is 2.86. The fraction of sp³-hybridized carbons (Fsp3) is 0.417. The van der Waals surface area contributed by atoms with E-state index in [1.807, 2.05) is 32.0 Å². The van der Waals surface area contributed by atoms with Crippen LogP contribution in [0.15, 0.2) is 27.6 Å². The normalized spacial score (nSPS) is 10.6. The molecular formula is C12H17BrN2OS. The number of anilines is 1. The molecule has 1 aromatic carbocycles. The maximum Gasteiger partial charge on any atom is 0.221 e. The first-order chi connectivity index (χ1) is 7.99. The Bertz CT molecular complexity index is 396. The van der Waals surface area contributed by atoms with Crippen molar-refractivity contribution in [1.29, 1.82) is 0 Å². The van der Waals surface area contributed by atoms with Crippen LogP contribution in [0.2, 0.25) is 0 Å². The largest absolute Gasteiger partial charge is 0.398 e. The summed E-state index contributed by atoms with van der Waals surface area (Å²) in [6.07, 6.45) is 0.512. The second kappa shape index (κ2) is 6.91. The Hall–Kier alpha value is -0.680. The molecule has 0 aliphatic carbocycles. The number of nitrogens with two attached hydrogens (primary N) is 1. The monoisotopic (exact) mass is 316 g/mol. The first kappa shape index (κ1) is 14.4. The molecule has 1 amide bonds. The molecule has 0 aliphatic heterocycles. The lowest BCUT2D eigenvalue weighted by molar-refractivity contribution is -0.121. The first-order valence-corrected chi connectivity index (χ1v) is 7.24. The molecule has 0 saturated heterocycles. The molecule has 0 unspecified atom stereocenters. The number of amides is 1. The smallest absolute Gasteiger partial charge is 0.221 e. The third kappa shape index (κ3) is 5.46. The lowest BCUT2D eigenvalue weighted by Gasteiger charge is -2.08. The fourth-order valence-electron chi connectivity index (χ4n) is 1.30. The van der Waals surface area contributed by atoms with Crippen molar-refractivity contribution >= 4 is 39.3 Å². The van der Waals surface area contributed by atoms with Gasteiger partial charge in [0.15, 0.2) is 0 Å². The minimum absolute atomic E-state index is 0.0863. The minimum atomic E-state index is 0.0863. The predicted molar refractivity (Wildman–Crippen MR) is 77.2 cm³/mol. The lowest BCUT2D eigenvalue weighted by atomic mass is 10.3. The van der Waals surface area contributed by atoms with Crippen molar-refractivity contribution in [2.24, 2.45) is 0 Å². The first-order valence-electron chi connectivity index (χ1n) is 5.46. The van der Waals surface area contributed by atoms with E-state index in [1.54, 1.807) is 11.8 Å². The van der Waals surface area contributed by atoms with E-state index in [-0.39, 0.29) is 11.9 Å². The number of hydrogen-bond donors (Lipinski definition) is 2. The maximum atomic E-state index is 11.4. The van der Waals surface area contributed by atoms with Gasteiger partial charge in [0.25, 0.3) is 0 Å². The Morgan fingerprint density at radius 3 is 2.82 bits per heavy atom. The zero-order valence-corrected chi connectivity index (χ0v) is 12.4. The molecule has 0 heterocycles. The van der Waals surface area contributed by atoms with E-state index in [4.69, 9.17) is 5.73 Å². The number of carbonyl (C=O) groups excluding carboxylic acids is 1. The van der Waals surface area contributed by atoms with Crippen molar-refractivity contribution < 1.29 is 4.79 Å². The van der Waals surface area contributed by atoms with Gasteiger partial charge in [0, 0.05) is 33.3 Å². The number of halogens is 1. The van der Waals surface area contributed by atoms with Crippen molar-refractivity contribution in [3.8, 4) is 0 Å². The van der Waals surface area contributed by atoms with Crippen LogP contribution in [-0.4, -0.2) is 17.7 Å². The van der Waals surface area contributed by atoms with Gasteiger partial charge in [-0.3, -0.25) is 4.79 Å². The van der Waals surface area contributed by atoms with Crippen molar-refractivity contribution in [1.82, 2.24) is 5.32 Å². The Labute approximate surface area is 115 Å². The van der Waals surface area contributed by atoms with E-state index in [1.165, 1.54) is 0 Å². The van der Waals surface area contributed by atoms with Crippen molar-refractivity contribution in [2.75, 3.05) is 11.5 Å². The molecule has 5 heteroatoms. The van der Waals surface area contributed by atoms with E-state index in [0.717, 1.165) is 20.8 Å². The van der Waals surface area contributed by atoms with E-state index < -0.39 is 0 Å². The Morgan fingerprint density at radius 2 is 2.24 bits per heavy atom. The second-order valence-corrected chi connectivity index (χ2v) is 6.06. The Morgan fingerprint density at radius 1 is 1.53 bits per heavy atom. The molecule has 0 saturated carbocycles. The van der Waals surface area contributed by atoms with Gasteiger partial charge in [-0.15, -0.1) is 11.8 Å². The second-order valence-electron chi connectivity index (χ2n) is 4.00. The van der Waals surface area contributed by atoms with Crippen molar-refractivity contribution in [3.05, 3.63) is 22.7 Å². The van der Waals surface area contributed by atoms with Gasteiger partial charge in [-0.1, -0.05) is 15.9 Å². The van der Waals surface area contributed by atoms with Crippen LogP contribution in [0.3, 0.4) is 0 Å². The molecule has 17 heavy (non-hydrogen) atoms. The van der Waals surface area contributed by atoms with Gasteiger partial charge in [-0.2, -0.15) is 0 Å². The van der Waals surface area contributed by atoms with Gasteiger partial charge in [0.05, 0.1) is 0 Å². The van der Waals surface area contributed by atoms with Crippen LogP contribution in [0.1, 0.15) is 20.3 Å². The number of rotatable bonds is 5. The highest BCUT2D eigenvalue weighted by Crippen LogP contribution is 2.28. The lowest BCUT2D eigenvalue weighted by Crippen LogP contribution is -2.30. The molecule has 94 valence electrons. The van der Waals surface area contributed by atoms with Crippen LogP contribution >= 0.6 is 27.7 Å². The van der Waals surface area contributed by atoms with Crippen molar-refractivity contribution in [2.45, 2.75) is 31.2 Å². The molecule has 3 nitrogen and oxygen atoms in total. The molecule has 0 bridgehead atoms. The maximum absolute atomic E-state index is 11.4. The summed E-state index contributed by atoms with van der Waals surface area (Å²) < 4.78 is 0.969. The van der Waals surface area contributed by atoms with E-state index in [9.17, 15) is 4.79 Å². The van der Waals surface area contributed by atoms with Crippen LogP contribution in [0.5, 0.6) is 0 Å². The standard InChI is InChI=1S/C12H17BrN2OS/c1-8(2)15-12(16)5-6-17-11-4-3-9(13)7-10(11)14/h3-4,7-8H,5-6,14H2,1-2H3,(H,15,16). The van der Waals surface area contributed by atoms with Gasteiger partial charge in [0.1, 0.15) is 0 Å². The number of thioether (sulfide) groups is 1. The van der Waals surface area contributed by atoms with Crippen LogP contribution in [0.25, 0.3) is 0 Å². The average molecular weight is 317 g/mol. The molecule has 0 spiro atoms. The van der Waals surface area contributed by atoms with Crippen LogP contribution < -0.4 is 11.1 Å². The fourth-order valence-corrected chi connectivity index (χ4v) is 2.57. The highest BCUT2D eigenvalue weighted by molar-refractivity contribution is 9.10. The van der Waals surface area contributed by atoms with Gasteiger partial charge < -0.3 is 11.1 Å². The topological polar surface area (TPSA) is 55.1 Å². The highest BCUT2D eigenvalue weighted by Gasteiger charge is 2.05. The molecule has 0 atom stereocenters. The predicted octanol–water partition coefficient (Wildman–Crippen LogP) is 3.04. The third-order valence-electron chi connectivity index (χ3n) is 2.01. The van der Waals surface area contributed by atoms with Gasteiger partial charge in [0.2, 0.25) is 5.91 Å². The number of carbonyl (C=O) groups is 1. The average Bonchev–Trinajstić information content (AvgIpc) is 2.20. The highest BCUT2D eigenvalue weighted by atomic mass is 79.9. The molecule has 1 rings (SSSR count). The summed E-state index contributed by atoms with van der Waals surface area (Å²) >= 11 is 4.97. The number of benzene rings is 1. The zero-order valence-electron chi connectivity index (χ0n) is 10.00. The minimum Gasteiger partial charge on any atom is -0.398 e. The van der Waals surface area contributed by atoms with Gasteiger partial charge in [-0.25, -0.2) is 0 Å². The Balaban J connectivity index is 2.38. The summed E-state index contributed by atoms with van der Waals surface area (Å²) in [6.45, 7) is 3.91. The number of nitrogens with one attached hydrogen (secondary N) is 1. The molecular weight excluding hydrogens is 300 g/mol. The van der Waals surface area contributed by atoms with E-state index in [2.05, 4.69) is 21.2 Å². The summed E-state index contributed by atoms with van der Waals surface area (Å²) in [5.74, 6) is 0.827. The summed E-state index contributed by atoms with van der Waals surface area (Å²) in [4.78, 5) is 12.4. The summed E-state index contributed by atoms with van der Waals surface area (Å²) in [6, 6.07) is 5.98. The van der Waals surface area contributed by atoms with Crippen LogP contribution in [0.4, 0.5) is 5.69 Å². The molecule has 0 fully saturated rings. The SMILES string of the molecule is CC(C)NC(=O)CCSc1ccc(Br)cc1N.